The van der Waals surface area contributed by atoms with Crippen molar-refractivity contribution in [1.82, 2.24) is 0 Å². The van der Waals surface area contributed by atoms with Crippen LogP contribution in [0.5, 0.6) is 0 Å². The minimum atomic E-state index is -0.600. The average Bonchev–Trinajstić information content (AvgIpc) is 2.30. The van der Waals surface area contributed by atoms with Crippen LogP contribution in [0.25, 0.3) is 0 Å². The molecule has 0 saturated carbocycles. The second kappa shape index (κ2) is 5.82. The van der Waals surface area contributed by atoms with Gasteiger partial charge < -0.3 is 10.5 Å². The van der Waals surface area contributed by atoms with Gasteiger partial charge in [0, 0.05) is 0 Å². The third kappa shape index (κ3) is 3.30. The van der Waals surface area contributed by atoms with Crippen LogP contribution in [-0.4, -0.2) is 19.1 Å². The van der Waals surface area contributed by atoms with Crippen LogP contribution in [0.15, 0.2) is 24.3 Å². The van der Waals surface area contributed by atoms with Gasteiger partial charge in [-0.15, -0.1) is 0 Å². The molecule has 0 heterocycles. The third-order valence-electron chi connectivity index (χ3n) is 2.89. The Hall–Kier alpha value is -1.35. The molecule has 0 bridgehead atoms. The van der Waals surface area contributed by atoms with Crippen LogP contribution in [0.3, 0.4) is 0 Å². The van der Waals surface area contributed by atoms with E-state index in [4.69, 9.17) is 10.5 Å². The van der Waals surface area contributed by atoms with E-state index in [1.54, 1.807) is 0 Å². The van der Waals surface area contributed by atoms with Gasteiger partial charge in [-0.1, -0.05) is 24.3 Å². The van der Waals surface area contributed by atoms with Crippen LogP contribution >= 0.6 is 0 Å². The van der Waals surface area contributed by atoms with Crippen molar-refractivity contribution in [3.63, 3.8) is 0 Å². The molecule has 2 N–H and O–H groups in total. The summed E-state index contributed by atoms with van der Waals surface area (Å²) in [6.45, 7) is 6.62. The summed E-state index contributed by atoms with van der Waals surface area (Å²) in [5.41, 5.74) is 7.06. The highest BCUT2D eigenvalue weighted by atomic mass is 16.5. The number of esters is 1. The molecule has 3 nitrogen and oxygen atoms in total. The lowest BCUT2D eigenvalue weighted by Gasteiger charge is -2.23. The summed E-state index contributed by atoms with van der Waals surface area (Å²) in [5.74, 6) is -0.188. The third-order valence-corrected chi connectivity index (χ3v) is 2.89. The second-order valence-corrected chi connectivity index (χ2v) is 4.58. The zero-order valence-corrected chi connectivity index (χ0v) is 10.8. The largest absolute Gasteiger partial charge is 0.465 e. The lowest BCUT2D eigenvalue weighted by Crippen LogP contribution is -2.31. The number of ether oxygens (including phenoxy) is 1. The van der Waals surface area contributed by atoms with Gasteiger partial charge in [-0.25, -0.2) is 0 Å². The van der Waals surface area contributed by atoms with Gasteiger partial charge in [0.25, 0.3) is 0 Å². The summed E-state index contributed by atoms with van der Waals surface area (Å²) in [7, 11) is 0. The van der Waals surface area contributed by atoms with Gasteiger partial charge in [0.1, 0.15) is 0 Å². The summed E-state index contributed by atoms with van der Waals surface area (Å²) in [6, 6.07) is 7.98. The van der Waals surface area contributed by atoms with E-state index in [1.165, 1.54) is 5.56 Å². The number of rotatable bonds is 5. The molecule has 0 spiro atoms. The fraction of sp³-hybridized carbons (Fsp3) is 0.500. The first kappa shape index (κ1) is 13.7. The molecule has 0 aliphatic heterocycles. The van der Waals surface area contributed by atoms with E-state index in [9.17, 15) is 4.79 Å². The Bertz CT molecular complexity index is 368. The van der Waals surface area contributed by atoms with Crippen LogP contribution in [0.2, 0.25) is 0 Å². The first-order chi connectivity index (χ1) is 8.02. The number of benzene rings is 1. The molecule has 17 heavy (non-hydrogen) atoms. The average molecular weight is 235 g/mol. The highest BCUT2D eigenvalue weighted by Crippen LogP contribution is 2.25. The maximum atomic E-state index is 11.8. The number of carbonyl (C=O) groups is 1. The van der Waals surface area contributed by atoms with Crippen molar-refractivity contribution in [3.05, 3.63) is 35.4 Å². The molecule has 1 rings (SSSR count). The Kier molecular flexibility index (Phi) is 4.70. The normalized spacial score (nSPS) is 11.3. The first-order valence-corrected chi connectivity index (χ1v) is 5.99. The maximum Gasteiger partial charge on any atom is 0.315 e. The summed E-state index contributed by atoms with van der Waals surface area (Å²) < 4.78 is 5.08. The summed E-state index contributed by atoms with van der Waals surface area (Å²) in [6.07, 6.45) is 0.861. The van der Waals surface area contributed by atoms with E-state index in [0.717, 1.165) is 12.0 Å². The minimum absolute atomic E-state index is 0.188. The number of nitrogens with two attached hydrogens (primary N) is 1. The summed E-state index contributed by atoms with van der Waals surface area (Å²) in [4.78, 5) is 11.8. The number of hydrogen-bond donors (Lipinski definition) is 1. The minimum Gasteiger partial charge on any atom is -0.465 e. The lowest BCUT2D eigenvalue weighted by atomic mass is 9.84. The molecule has 0 amide bonds. The zero-order chi connectivity index (χ0) is 12.9. The van der Waals surface area contributed by atoms with Crippen molar-refractivity contribution in [1.29, 1.82) is 0 Å². The number of carbonyl (C=O) groups excluding carboxylic acids is 1. The molecule has 94 valence electrons. The van der Waals surface area contributed by atoms with E-state index in [0.29, 0.717) is 13.2 Å². The fourth-order valence-electron chi connectivity index (χ4n) is 1.68. The quantitative estimate of drug-likeness (QED) is 0.794. The van der Waals surface area contributed by atoms with E-state index in [2.05, 4.69) is 0 Å². The standard InChI is InChI=1S/C14H21NO2/c1-4-17-13(16)14(2,3)12-7-5-11(6-8-12)9-10-15/h5-8H,4,9-10,15H2,1-3H3. The van der Waals surface area contributed by atoms with Gasteiger partial charge in [0.05, 0.1) is 12.0 Å². The molecular weight excluding hydrogens is 214 g/mol. The van der Waals surface area contributed by atoms with E-state index in [1.807, 2.05) is 45.0 Å². The molecule has 0 saturated heterocycles. The molecular formula is C14H21NO2. The SMILES string of the molecule is CCOC(=O)C(C)(C)c1ccc(CCN)cc1. The predicted octanol–water partition coefficient (Wildman–Crippen LogP) is 2.03. The molecule has 0 aliphatic rings. The fourth-order valence-corrected chi connectivity index (χ4v) is 1.68. The van der Waals surface area contributed by atoms with Crippen LogP contribution in [0.4, 0.5) is 0 Å². The van der Waals surface area contributed by atoms with Gasteiger partial charge >= 0.3 is 5.97 Å². The Morgan fingerprint density at radius 3 is 2.35 bits per heavy atom. The monoisotopic (exact) mass is 235 g/mol. The van der Waals surface area contributed by atoms with E-state index >= 15 is 0 Å². The van der Waals surface area contributed by atoms with Gasteiger partial charge in [-0.3, -0.25) is 4.79 Å². The van der Waals surface area contributed by atoms with Crippen molar-refractivity contribution in [2.24, 2.45) is 5.73 Å². The molecule has 0 aliphatic carbocycles. The van der Waals surface area contributed by atoms with E-state index < -0.39 is 5.41 Å². The van der Waals surface area contributed by atoms with Gasteiger partial charge in [0.2, 0.25) is 0 Å². The van der Waals surface area contributed by atoms with Crippen molar-refractivity contribution in [2.75, 3.05) is 13.2 Å². The van der Waals surface area contributed by atoms with Crippen molar-refractivity contribution >= 4 is 5.97 Å². The molecule has 0 aromatic heterocycles. The zero-order valence-electron chi connectivity index (χ0n) is 10.8. The Morgan fingerprint density at radius 1 is 1.29 bits per heavy atom. The van der Waals surface area contributed by atoms with Crippen LogP contribution in [0, 0.1) is 0 Å². The van der Waals surface area contributed by atoms with Crippen molar-refractivity contribution in [2.45, 2.75) is 32.6 Å². The predicted molar refractivity (Wildman–Crippen MR) is 68.9 cm³/mol. The molecule has 1 aromatic rings. The lowest BCUT2D eigenvalue weighted by molar-refractivity contribution is -0.148. The molecule has 0 unspecified atom stereocenters. The molecule has 0 fully saturated rings. The van der Waals surface area contributed by atoms with Crippen molar-refractivity contribution in [3.8, 4) is 0 Å². The Balaban J connectivity index is 2.87. The van der Waals surface area contributed by atoms with Gasteiger partial charge in [-0.2, -0.15) is 0 Å². The topological polar surface area (TPSA) is 52.3 Å². The summed E-state index contributed by atoms with van der Waals surface area (Å²) in [5, 5.41) is 0. The van der Waals surface area contributed by atoms with Crippen LogP contribution < -0.4 is 5.73 Å². The smallest absolute Gasteiger partial charge is 0.315 e. The molecule has 1 aromatic carbocycles. The Morgan fingerprint density at radius 2 is 1.88 bits per heavy atom. The maximum absolute atomic E-state index is 11.8. The van der Waals surface area contributed by atoms with Gasteiger partial charge in [-0.05, 0) is 44.9 Å². The Labute approximate surface area is 103 Å². The molecule has 0 radical (unpaired) electrons. The molecule has 0 atom stereocenters. The highest BCUT2D eigenvalue weighted by Gasteiger charge is 2.31. The second-order valence-electron chi connectivity index (χ2n) is 4.58. The van der Waals surface area contributed by atoms with Crippen molar-refractivity contribution < 1.29 is 9.53 Å². The highest BCUT2D eigenvalue weighted by molar-refractivity contribution is 5.82. The first-order valence-electron chi connectivity index (χ1n) is 5.99. The molecule has 3 heteroatoms. The number of hydrogen-bond acceptors (Lipinski definition) is 3. The van der Waals surface area contributed by atoms with Gasteiger partial charge in [0.15, 0.2) is 0 Å². The summed E-state index contributed by atoms with van der Waals surface area (Å²) >= 11 is 0. The van der Waals surface area contributed by atoms with E-state index in [-0.39, 0.29) is 5.97 Å². The van der Waals surface area contributed by atoms with Crippen LogP contribution in [0.1, 0.15) is 31.9 Å². The van der Waals surface area contributed by atoms with Crippen LogP contribution in [-0.2, 0) is 21.4 Å².